The summed E-state index contributed by atoms with van der Waals surface area (Å²) in [5, 5.41) is 9.81. The third-order valence-corrected chi connectivity index (χ3v) is 4.93. The number of guanidine groups is 1. The van der Waals surface area contributed by atoms with E-state index in [2.05, 4.69) is 39.8 Å². The van der Waals surface area contributed by atoms with Crippen LogP contribution in [0.3, 0.4) is 0 Å². The minimum Gasteiger partial charge on any atom is -0.490 e. The molecule has 0 radical (unpaired) electrons. The normalized spacial score (nSPS) is 14.3. The number of aromatic nitrogens is 1. The van der Waals surface area contributed by atoms with Crippen molar-refractivity contribution in [1.82, 2.24) is 10.3 Å². The van der Waals surface area contributed by atoms with Crippen LogP contribution >= 0.6 is 11.3 Å². The van der Waals surface area contributed by atoms with Crippen molar-refractivity contribution in [3.63, 3.8) is 0 Å². The van der Waals surface area contributed by atoms with Crippen LogP contribution in [-0.2, 0) is 6.54 Å². The van der Waals surface area contributed by atoms with Crippen molar-refractivity contribution >= 4 is 23.0 Å². The van der Waals surface area contributed by atoms with Gasteiger partial charge in [-0.15, -0.1) is 11.3 Å². The van der Waals surface area contributed by atoms with E-state index in [1.54, 1.807) is 18.4 Å². The maximum Gasteiger partial charge on any atom is 0.195 e. The van der Waals surface area contributed by atoms with E-state index in [4.69, 9.17) is 9.47 Å². The summed E-state index contributed by atoms with van der Waals surface area (Å²) in [5.41, 5.74) is 1.92. The molecule has 2 heterocycles. The Balaban J connectivity index is 1.61. The van der Waals surface area contributed by atoms with Crippen molar-refractivity contribution in [2.45, 2.75) is 32.7 Å². The molecule has 0 bridgehead atoms. The number of anilines is 1. The van der Waals surface area contributed by atoms with Gasteiger partial charge in [-0.1, -0.05) is 13.8 Å². The van der Waals surface area contributed by atoms with Crippen LogP contribution in [0.2, 0.25) is 0 Å². The fourth-order valence-electron chi connectivity index (χ4n) is 2.40. The molecule has 3 rings (SSSR count). The average Bonchev–Trinajstić information content (AvgIpc) is 2.97. The second-order valence-corrected chi connectivity index (χ2v) is 6.98. The number of fused-ring (bicyclic) bond motifs is 1. The Kier molecular flexibility index (Phi) is 5.75. The van der Waals surface area contributed by atoms with Crippen LogP contribution in [0.1, 0.15) is 36.9 Å². The largest absolute Gasteiger partial charge is 0.490 e. The number of rotatable bonds is 4. The van der Waals surface area contributed by atoms with Gasteiger partial charge in [0.15, 0.2) is 17.5 Å². The van der Waals surface area contributed by atoms with Crippen LogP contribution < -0.4 is 20.1 Å². The van der Waals surface area contributed by atoms with Gasteiger partial charge in [-0.05, 0) is 12.1 Å². The van der Waals surface area contributed by atoms with Gasteiger partial charge >= 0.3 is 0 Å². The van der Waals surface area contributed by atoms with Gasteiger partial charge < -0.3 is 20.1 Å². The van der Waals surface area contributed by atoms with Gasteiger partial charge in [0.25, 0.3) is 0 Å². The number of aliphatic imine (C=N–C) groups is 1. The SMILES string of the molecule is CN=C(NCc1csc(C(C)C)n1)Nc1ccc2c(c1)OCCCO2. The highest BCUT2D eigenvalue weighted by Gasteiger charge is 2.12. The number of ether oxygens (including phenoxy) is 2. The first-order chi connectivity index (χ1) is 12.2. The monoisotopic (exact) mass is 360 g/mol. The molecule has 0 spiro atoms. The maximum atomic E-state index is 5.72. The molecular formula is C18H24N4O2S. The second kappa shape index (κ2) is 8.20. The lowest BCUT2D eigenvalue weighted by Gasteiger charge is -2.13. The smallest absolute Gasteiger partial charge is 0.195 e. The number of hydrogen-bond acceptors (Lipinski definition) is 5. The molecule has 0 fully saturated rings. The maximum absolute atomic E-state index is 5.72. The quantitative estimate of drug-likeness (QED) is 0.644. The van der Waals surface area contributed by atoms with E-state index in [0.717, 1.165) is 34.3 Å². The van der Waals surface area contributed by atoms with E-state index in [9.17, 15) is 0 Å². The Morgan fingerprint density at radius 2 is 2.08 bits per heavy atom. The van der Waals surface area contributed by atoms with Crippen LogP contribution in [0.4, 0.5) is 5.69 Å². The molecule has 1 aromatic heterocycles. The van der Waals surface area contributed by atoms with Gasteiger partial charge in [0, 0.05) is 36.5 Å². The highest BCUT2D eigenvalue weighted by atomic mass is 32.1. The van der Waals surface area contributed by atoms with Gasteiger partial charge in [-0.3, -0.25) is 4.99 Å². The van der Waals surface area contributed by atoms with E-state index in [1.807, 2.05) is 18.2 Å². The fourth-order valence-corrected chi connectivity index (χ4v) is 3.24. The summed E-state index contributed by atoms with van der Waals surface area (Å²) in [6.45, 7) is 6.30. The Hall–Kier alpha value is -2.28. The van der Waals surface area contributed by atoms with Crippen LogP contribution in [0, 0.1) is 0 Å². The standard InChI is InChI=1S/C18H24N4O2S/c1-12(2)17-21-14(11-25-17)10-20-18(19-3)22-13-5-6-15-16(9-13)24-8-4-7-23-15/h5-6,9,11-12H,4,7-8,10H2,1-3H3,(H2,19,20,22). The molecule has 1 aliphatic rings. The zero-order valence-electron chi connectivity index (χ0n) is 14.8. The Morgan fingerprint density at radius 3 is 2.80 bits per heavy atom. The molecule has 0 unspecified atom stereocenters. The molecule has 2 aromatic rings. The average molecular weight is 360 g/mol. The minimum absolute atomic E-state index is 0.456. The first-order valence-corrected chi connectivity index (χ1v) is 9.35. The molecule has 0 atom stereocenters. The Bertz CT molecular complexity index is 742. The predicted molar refractivity (Wildman–Crippen MR) is 102 cm³/mol. The van der Waals surface area contributed by atoms with E-state index in [1.165, 1.54) is 0 Å². The van der Waals surface area contributed by atoms with Gasteiger partial charge in [0.1, 0.15) is 0 Å². The molecule has 1 aromatic carbocycles. The van der Waals surface area contributed by atoms with Crippen molar-refractivity contribution < 1.29 is 9.47 Å². The van der Waals surface area contributed by atoms with E-state index < -0.39 is 0 Å². The van der Waals surface area contributed by atoms with Crippen LogP contribution in [0.5, 0.6) is 11.5 Å². The topological polar surface area (TPSA) is 67.8 Å². The molecule has 0 saturated carbocycles. The molecule has 0 amide bonds. The van der Waals surface area contributed by atoms with Gasteiger partial charge in [0.05, 0.1) is 30.5 Å². The van der Waals surface area contributed by atoms with Crippen molar-refractivity contribution in [2.75, 3.05) is 25.6 Å². The van der Waals surface area contributed by atoms with Gasteiger partial charge in [0.2, 0.25) is 0 Å². The zero-order chi connectivity index (χ0) is 17.6. The van der Waals surface area contributed by atoms with Crippen molar-refractivity contribution in [3.8, 4) is 11.5 Å². The van der Waals surface area contributed by atoms with Crippen molar-refractivity contribution in [2.24, 2.45) is 4.99 Å². The molecule has 7 heteroatoms. The fraction of sp³-hybridized carbons (Fsp3) is 0.444. The van der Waals surface area contributed by atoms with Gasteiger partial charge in [-0.25, -0.2) is 4.98 Å². The molecule has 134 valence electrons. The molecular weight excluding hydrogens is 336 g/mol. The summed E-state index contributed by atoms with van der Waals surface area (Å²) in [6, 6.07) is 5.82. The second-order valence-electron chi connectivity index (χ2n) is 6.09. The van der Waals surface area contributed by atoms with Crippen molar-refractivity contribution in [1.29, 1.82) is 0 Å². The molecule has 0 saturated heterocycles. The zero-order valence-corrected chi connectivity index (χ0v) is 15.7. The van der Waals surface area contributed by atoms with Crippen molar-refractivity contribution in [3.05, 3.63) is 34.3 Å². The summed E-state index contributed by atoms with van der Waals surface area (Å²) in [7, 11) is 1.75. The lowest BCUT2D eigenvalue weighted by Crippen LogP contribution is -2.30. The summed E-state index contributed by atoms with van der Waals surface area (Å²) < 4.78 is 11.4. The number of thiazole rings is 1. The predicted octanol–water partition coefficient (Wildman–Crippen LogP) is 3.62. The van der Waals surface area contributed by atoms with Gasteiger partial charge in [-0.2, -0.15) is 0 Å². The lowest BCUT2D eigenvalue weighted by atomic mass is 10.2. The lowest BCUT2D eigenvalue weighted by molar-refractivity contribution is 0.297. The first-order valence-electron chi connectivity index (χ1n) is 8.47. The Morgan fingerprint density at radius 1 is 1.28 bits per heavy atom. The minimum atomic E-state index is 0.456. The first kappa shape index (κ1) is 17.5. The van der Waals surface area contributed by atoms with Crippen LogP contribution in [-0.4, -0.2) is 31.2 Å². The van der Waals surface area contributed by atoms with E-state index >= 15 is 0 Å². The number of benzene rings is 1. The van der Waals surface area contributed by atoms with E-state index in [-0.39, 0.29) is 0 Å². The van der Waals surface area contributed by atoms with Crippen LogP contribution in [0.25, 0.3) is 0 Å². The van der Waals surface area contributed by atoms with E-state index in [0.29, 0.717) is 31.6 Å². The third kappa shape index (κ3) is 4.63. The summed E-state index contributed by atoms with van der Waals surface area (Å²) in [6.07, 6.45) is 0.896. The van der Waals surface area contributed by atoms with Crippen LogP contribution in [0.15, 0.2) is 28.6 Å². The molecule has 1 aliphatic heterocycles. The molecule has 25 heavy (non-hydrogen) atoms. The number of nitrogens with zero attached hydrogens (tertiary/aromatic N) is 2. The summed E-state index contributed by atoms with van der Waals surface area (Å²) in [4.78, 5) is 8.90. The summed E-state index contributed by atoms with van der Waals surface area (Å²) >= 11 is 1.70. The third-order valence-electron chi connectivity index (χ3n) is 3.73. The highest BCUT2D eigenvalue weighted by Crippen LogP contribution is 2.32. The number of nitrogens with one attached hydrogen (secondary N) is 2. The molecule has 0 aliphatic carbocycles. The summed E-state index contributed by atoms with van der Waals surface area (Å²) in [5.74, 6) is 2.69. The Labute approximate surface area is 152 Å². The molecule has 2 N–H and O–H groups in total. The number of hydrogen-bond donors (Lipinski definition) is 2. The highest BCUT2D eigenvalue weighted by molar-refractivity contribution is 7.09. The molecule has 6 nitrogen and oxygen atoms in total.